The number of para-hydroxylation sites is 3. The Kier molecular flexibility index (Phi) is 6.74. The summed E-state index contributed by atoms with van der Waals surface area (Å²) in [5.41, 5.74) is 19.7. The van der Waals surface area contributed by atoms with Gasteiger partial charge in [-0.05, 0) is 92.0 Å². The number of aromatic nitrogens is 2. The fraction of sp³-hybridized carbons (Fsp3) is 0.0690. The maximum atomic E-state index is 2.61. The van der Waals surface area contributed by atoms with Crippen LogP contribution in [0.2, 0.25) is 0 Å². The van der Waals surface area contributed by atoms with Gasteiger partial charge in [-0.3, -0.25) is 0 Å². The minimum atomic E-state index is -0.512. The lowest BCUT2D eigenvalue weighted by Gasteiger charge is -2.34. The van der Waals surface area contributed by atoms with E-state index in [0.717, 1.165) is 11.4 Å². The topological polar surface area (TPSA) is 9.86 Å². The first kappa shape index (κ1) is 33.5. The highest BCUT2D eigenvalue weighted by Gasteiger charge is 2.47. The quantitative estimate of drug-likeness (QED) is 0.169. The van der Waals surface area contributed by atoms with E-state index in [1.165, 1.54) is 99.2 Å². The molecule has 0 radical (unpaired) electrons. The second kappa shape index (κ2) is 12.1. The van der Waals surface area contributed by atoms with Crippen LogP contribution in [-0.4, -0.2) is 9.13 Å². The highest BCUT2D eigenvalue weighted by Crippen LogP contribution is 2.60. The van der Waals surface area contributed by atoms with Crippen molar-refractivity contribution in [3.05, 3.63) is 240 Å². The zero-order chi connectivity index (χ0) is 39.7. The molecule has 0 amide bonds. The second-order valence-electron chi connectivity index (χ2n) is 17.2. The van der Waals surface area contributed by atoms with Gasteiger partial charge in [0.05, 0.1) is 27.5 Å². The predicted octanol–water partition coefficient (Wildman–Crippen LogP) is 14.6. The molecular weight excluding hydrogens is 725 g/mol. The average molecular weight is 765 g/mol. The standard InChI is InChI=1S/C58H40N2/c1-57(2)46-30-16-13-27-43(46)51-52-44-28-14-18-32-49(44)59(39-24-10-5-11-25-39)55(52)56-53(54(51)57)45-29-15-19-33-50(45)60(56)40-34-35-42-41-26-12-17-31-47(41)58(48(42)36-40,37-20-6-3-7-21-37)38-22-8-4-9-23-38/h3-36H,1-2H3. The molecule has 2 aliphatic carbocycles. The lowest BCUT2D eigenvalue weighted by Crippen LogP contribution is -2.28. The average Bonchev–Trinajstić information content (AvgIpc) is 4.00. The van der Waals surface area contributed by atoms with Crippen molar-refractivity contribution in [1.29, 1.82) is 0 Å². The van der Waals surface area contributed by atoms with Gasteiger partial charge in [0.15, 0.2) is 0 Å². The molecule has 0 saturated carbocycles. The van der Waals surface area contributed by atoms with E-state index >= 15 is 0 Å². The molecule has 0 N–H and O–H groups in total. The number of hydrogen-bond acceptors (Lipinski definition) is 0. The van der Waals surface area contributed by atoms with Crippen molar-refractivity contribution in [2.45, 2.75) is 24.7 Å². The minimum absolute atomic E-state index is 0.237. The first-order valence-electron chi connectivity index (χ1n) is 21.1. The van der Waals surface area contributed by atoms with E-state index in [-0.39, 0.29) is 5.41 Å². The van der Waals surface area contributed by atoms with Gasteiger partial charge < -0.3 is 9.13 Å². The highest BCUT2D eigenvalue weighted by molar-refractivity contribution is 6.31. The van der Waals surface area contributed by atoms with Crippen LogP contribution in [0.5, 0.6) is 0 Å². The van der Waals surface area contributed by atoms with Crippen LogP contribution in [0.4, 0.5) is 0 Å². The van der Waals surface area contributed by atoms with Crippen molar-refractivity contribution in [3.63, 3.8) is 0 Å². The van der Waals surface area contributed by atoms with Crippen LogP contribution in [0.25, 0.3) is 77.2 Å². The first-order chi connectivity index (χ1) is 29.6. The Morgan fingerprint density at radius 2 is 0.850 bits per heavy atom. The van der Waals surface area contributed by atoms with Crippen LogP contribution in [0.1, 0.15) is 47.2 Å². The fourth-order valence-corrected chi connectivity index (χ4v) is 11.6. The normalized spacial score (nSPS) is 14.4. The Balaban J connectivity index is 1.25. The zero-order valence-corrected chi connectivity index (χ0v) is 33.5. The monoisotopic (exact) mass is 764 g/mol. The maximum absolute atomic E-state index is 2.61. The molecule has 0 spiro atoms. The minimum Gasteiger partial charge on any atom is -0.307 e. The van der Waals surface area contributed by atoms with Crippen LogP contribution >= 0.6 is 0 Å². The van der Waals surface area contributed by atoms with Crippen molar-refractivity contribution in [3.8, 4) is 33.6 Å². The summed E-state index contributed by atoms with van der Waals surface area (Å²) in [5.74, 6) is 0. The summed E-state index contributed by atoms with van der Waals surface area (Å²) in [6.45, 7) is 4.87. The van der Waals surface area contributed by atoms with E-state index in [2.05, 4.69) is 229 Å². The van der Waals surface area contributed by atoms with Crippen molar-refractivity contribution in [1.82, 2.24) is 9.13 Å². The molecule has 0 aliphatic heterocycles. The first-order valence-corrected chi connectivity index (χ1v) is 21.1. The van der Waals surface area contributed by atoms with E-state index in [4.69, 9.17) is 0 Å². The Morgan fingerprint density at radius 1 is 0.367 bits per heavy atom. The molecular formula is C58H40N2. The molecule has 60 heavy (non-hydrogen) atoms. The number of fused-ring (bicyclic) bond motifs is 15. The molecule has 2 aliphatic rings. The fourth-order valence-electron chi connectivity index (χ4n) is 11.6. The molecule has 0 fully saturated rings. The molecule has 0 saturated heterocycles. The Labute approximate surface area is 349 Å². The van der Waals surface area contributed by atoms with Crippen LogP contribution in [0.3, 0.4) is 0 Å². The van der Waals surface area contributed by atoms with Gasteiger partial charge in [-0.25, -0.2) is 0 Å². The van der Waals surface area contributed by atoms with Gasteiger partial charge >= 0.3 is 0 Å². The highest BCUT2D eigenvalue weighted by atomic mass is 15.0. The summed E-state index contributed by atoms with van der Waals surface area (Å²) in [5, 5.41) is 5.19. The number of nitrogens with zero attached hydrogens (tertiary/aromatic N) is 2. The predicted molar refractivity (Wildman–Crippen MR) is 250 cm³/mol. The molecule has 0 atom stereocenters. The lowest BCUT2D eigenvalue weighted by atomic mass is 9.67. The van der Waals surface area contributed by atoms with Gasteiger partial charge in [-0.2, -0.15) is 0 Å². The largest absolute Gasteiger partial charge is 0.307 e. The van der Waals surface area contributed by atoms with E-state index in [1.807, 2.05) is 0 Å². The van der Waals surface area contributed by atoms with Crippen LogP contribution in [0, 0.1) is 0 Å². The Morgan fingerprint density at radius 3 is 1.52 bits per heavy atom. The molecule has 2 heteroatoms. The van der Waals surface area contributed by atoms with Crippen molar-refractivity contribution in [2.75, 3.05) is 0 Å². The summed E-state index contributed by atoms with van der Waals surface area (Å²) < 4.78 is 5.15. The molecule has 13 rings (SSSR count). The molecule has 2 heterocycles. The number of benzene rings is 9. The number of hydrogen-bond donors (Lipinski definition) is 0. The SMILES string of the molecule is CC1(C)c2ccccc2-c2c1c1c3ccccc3n(-c3ccc4c(c3)C(c3ccccc3)(c3ccccc3)c3ccccc3-4)c1c1c2c2ccccc2n1-c1ccccc1. The van der Waals surface area contributed by atoms with E-state index in [0.29, 0.717) is 0 Å². The molecule has 9 aromatic carbocycles. The third-order valence-corrected chi connectivity index (χ3v) is 13.9. The summed E-state index contributed by atoms with van der Waals surface area (Å²) in [6.07, 6.45) is 0. The maximum Gasteiger partial charge on any atom is 0.0795 e. The summed E-state index contributed by atoms with van der Waals surface area (Å²) in [4.78, 5) is 0. The smallest absolute Gasteiger partial charge is 0.0795 e. The van der Waals surface area contributed by atoms with E-state index < -0.39 is 5.41 Å². The molecule has 2 aromatic heterocycles. The third kappa shape index (κ3) is 4.13. The molecule has 0 bridgehead atoms. The van der Waals surface area contributed by atoms with Crippen molar-refractivity contribution >= 4 is 43.6 Å². The molecule has 0 unspecified atom stereocenters. The lowest BCUT2D eigenvalue weighted by molar-refractivity contribution is 0.667. The van der Waals surface area contributed by atoms with E-state index in [9.17, 15) is 0 Å². The Bertz CT molecular complexity index is 3510. The molecule has 2 nitrogen and oxygen atoms in total. The van der Waals surface area contributed by atoms with Gasteiger partial charge in [0, 0.05) is 38.3 Å². The van der Waals surface area contributed by atoms with Gasteiger partial charge in [0.2, 0.25) is 0 Å². The Hall–Kier alpha value is -7.42. The third-order valence-electron chi connectivity index (χ3n) is 13.9. The van der Waals surface area contributed by atoms with Gasteiger partial charge in [0.25, 0.3) is 0 Å². The summed E-state index contributed by atoms with van der Waals surface area (Å²) in [6, 6.07) is 76.9. The van der Waals surface area contributed by atoms with Crippen molar-refractivity contribution < 1.29 is 0 Å². The van der Waals surface area contributed by atoms with E-state index in [1.54, 1.807) is 0 Å². The molecule has 282 valence electrons. The molecule has 11 aromatic rings. The second-order valence-corrected chi connectivity index (χ2v) is 17.2. The van der Waals surface area contributed by atoms with Gasteiger partial charge in [-0.15, -0.1) is 0 Å². The van der Waals surface area contributed by atoms with Crippen LogP contribution in [-0.2, 0) is 10.8 Å². The van der Waals surface area contributed by atoms with Crippen LogP contribution in [0.15, 0.2) is 206 Å². The van der Waals surface area contributed by atoms with Gasteiger partial charge in [-0.1, -0.05) is 184 Å². The summed E-state index contributed by atoms with van der Waals surface area (Å²) >= 11 is 0. The summed E-state index contributed by atoms with van der Waals surface area (Å²) in [7, 11) is 0. The van der Waals surface area contributed by atoms with Crippen LogP contribution < -0.4 is 0 Å². The zero-order valence-electron chi connectivity index (χ0n) is 33.5. The number of rotatable bonds is 4. The van der Waals surface area contributed by atoms with Crippen molar-refractivity contribution in [2.24, 2.45) is 0 Å². The van der Waals surface area contributed by atoms with Gasteiger partial charge in [0.1, 0.15) is 0 Å².